The van der Waals surface area contributed by atoms with Crippen LogP contribution < -0.4 is 0 Å². The van der Waals surface area contributed by atoms with E-state index in [1.165, 1.54) is 0 Å². The third-order valence-corrected chi connectivity index (χ3v) is 21.6. The highest BCUT2D eigenvalue weighted by atomic mass is 16.8. The lowest BCUT2D eigenvalue weighted by Gasteiger charge is -2.71. The Kier molecular flexibility index (Phi) is 17.1. The van der Waals surface area contributed by atoms with Crippen LogP contribution in [0.15, 0.2) is 11.6 Å². The second-order valence-electron chi connectivity index (χ2n) is 26.4. The van der Waals surface area contributed by atoms with E-state index in [1.807, 2.05) is 27.7 Å². The molecule has 0 spiro atoms. The number of carboxylic acid groups (broad SMARTS) is 1. The molecule has 0 aromatic heterocycles. The molecule has 25 nitrogen and oxygen atoms in total. The smallest absolute Gasteiger partial charge is 0.335 e. The van der Waals surface area contributed by atoms with Crippen LogP contribution in [0.3, 0.4) is 0 Å². The van der Waals surface area contributed by atoms with Crippen molar-refractivity contribution >= 4 is 11.9 Å². The van der Waals surface area contributed by atoms with E-state index in [-0.39, 0.29) is 29.1 Å². The molecule has 79 heavy (non-hydrogen) atoms. The number of esters is 1. The standard InChI is InChI=1S/C54H86O25/c1-49(2)16-22-21-8-9-27-51(5)12-11-29(50(3,4)26(51)10-13-53(27,7)52(21,6)14-15-54(22,17-28(49)58)48(71)79-46-38(67)35(64)32(61)25(20-57)74-46)75-47-42(78-45-37(66)34(63)31(60)24(19-56)73-45)40(39(68)41(77-47)43(69)70)76-44-36(65)33(62)30(59)23(18-55)72-44/h8,22-42,44-47,55-68H,9-20H2,1-7H3,(H,69,70)/t22?,23-,24-,25-,26?,27?,28+,29+,30+,31-,32-,33+,34+,35+,36-,37-,38-,39+,40+,41+,42-,44+,45+,46+,47-,51+,52-,53-,54-/m1/s1. The molecule has 0 bridgehead atoms. The zero-order valence-electron chi connectivity index (χ0n) is 45.8. The minimum Gasteiger partial charge on any atom is -0.479 e. The molecular formula is C54H86O25. The molecule has 4 aliphatic heterocycles. The fraction of sp³-hybridized carbons (Fsp3) is 0.926. The van der Waals surface area contributed by atoms with Gasteiger partial charge in [0.1, 0.15) is 91.6 Å². The summed E-state index contributed by atoms with van der Waals surface area (Å²) in [6.07, 6.45) is -31.5. The zero-order valence-corrected chi connectivity index (χ0v) is 45.8. The molecule has 0 amide bonds. The van der Waals surface area contributed by atoms with E-state index in [9.17, 15) is 86.2 Å². The first-order chi connectivity index (χ1) is 36.9. The molecule has 15 N–H and O–H groups in total. The number of aliphatic carboxylic acids is 1. The van der Waals surface area contributed by atoms with Crippen LogP contribution in [0, 0.1) is 50.2 Å². The summed E-state index contributed by atoms with van der Waals surface area (Å²) in [7, 11) is 0. The summed E-state index contributed by atoms with van der Waals surface area (Å²) in [5.74, 6) is -2.78. The molecule has 3 unspecified atom stereocenters. The third kappa shape index (κ3) is 9.85. The molecule has 0 aromatic rings. The summed E-state index contributed by atoms with van der Waals surface area (Å²) in [6.45, 7) is 12.5. The summed E-state index contributed by atoms with van der Waals surface area (Å²) in [5, 5.41) is 161. The third-order valence-electron chi connectivity index (χ3n) is 21.6. The lowest BCUT2D eigenvalue weighted by Crippen LogP contribution is -2.69. The Bertz CT molecular complexity index is 2230. The molecule has 9 aliphatic rings. The number of ether oxygens (including phenoxy) is 8. The van der Waals surface area contributed by atoms with Gasteiger partial charge in [-0.25, -0.2) is 4.79 Å². The van der Waals surface area contributed by atoms with Crippen molar-refractivity contribution in [2.45, 2.75) is 241 Å². The van der Waals surface area contributed by atoms with Crippen molar-refractivity contribution in [1.29, 1.82) is 0 Å². The van der Waals surface area contributed by atoms with Crippen LogP contribution in [0.2, 0.25) is 0 Å². The maximum Gasteiger partial charge on any atom is 0.335 e. The van der Waals surface area contributed by atoms with Crippen LogP contribution >= 0.6 is 0 Å². The van der Waals surface area contributed by atoms with Gasteiger partial charge >= 0.3 is 11.9 Å². The highest BCUT2D eigenvalue weighted by Crippen LogP contribution is 2.76. The van der Waals surface area contributed by atoms with Gasteiger partial charge in [0.2, 0.25) is 6.29 Å². The van der Waals surface area contributed by atoms with E-state index in [2.05, 4.69) is 26.8 Å². The number of allylic oxidation sites excluding steroid dienone is 2. The van der Waals surface area contributed by atoms with E-state index in [0.717, 1.165) is 12.0 Å². The Labute approximate surface area is 457 Å². The van der Waals surface area contributed by atoms with Crippen molar-refractivity contribution in [2.24, 2.45) is 50.2 Å². The second kappa shape index (κ2) is 22.0. The van der Waals surface area contributed by atoms with Gasteiger partial charge in [-0.05, 0) is 103 Å². The van der Waals surface area contributed by atoms with Crippen LogP contribution in [0.5, 0.6) is 0 Å². The number of hydrogen-bond donors (Lipinski definition) is 15. The monoisotopic (exact) mass is 1130 g/mol. The van der Waals surface area contributed by atoms with Gasteiger partial charge in [-0.3, -0.25) is 4.79 Å². The van der Waals surface area contributed by atoms with Gasteiger partial charge in [0, 0.05) is 0 Å². The van der Waals surface area contributed by atoms with Gasteiger partial charge in [0.15, 0.2) is 25.0 Å². The van der Waals surface area contributed by atoms with E-state index >= 15 is 0 Å². The predicted octanol–water partition coefficient (Wildman–Crippen LogP) is -2.97. The minimum atomic E-state index is -2.17. The maximum atomic E-state index is 14.8. The maximum absolute atomic E-state index is 14.8. The lowest BCUT2D eigenvalue weighted by atomic mass is 9.33. The van der Waals surface area contributed by atoms with Crippen LogP contribution in [0.1, 0.15) is 106 Å². The molecule has 5 aliphatic carbocycles. The zero-order chi connectivity index (χ0) is 58.0. The quantitative estimate of drug-likeness (QED) is 0.0527. The molecule has 4 saturated heterocycles. The largest absolute Gasteiger partial charge is 0.479 e. The van der Waals surface area contributed by atoms with Gasteiger partial charge in [0.25, 0.3) is 0 Å². The van der Waals surface area contributed by atoms with Gasteiger partial charge in [0.05, 0.1) is 37.4 Å². The van der Waals surface area contributed by atoms with E-state index in [4.69, 9.17) is 37.9 Å². The topological polar surface area (TPSA) is 411 Å². The average molecular weight is 1140 g/mol. The number of fused-ring (bicyclic) bond motifs is 7. The van der Waals surface area contributed by atoms with E-state index < -0.39 is 194 Å². The highest BCUT2D eigenvalue weighted by molar-refractivity contribution is 5.79. The van der Waals surface area contributed by atoms with Gasteiger partial charge < -0.3 is 114 Å². The second-order valence-corrected chi connectivity index (χ2v) is 26.4. The van der Waals surface area contributed by atoms with Crippen molar-refractivity contribution < 1.29 is 124 Å². The number of aliphatic hydroxyl groups is 14. The van der Waals surface area contributed by atoms with E-state index in [1.54, 1.807) is 0 Å². The minimum absolute atomic E-state index is 0.0641. The summed E-state index contributed by atoms with van der Waals surface area (Å²) in [5.41, 5.74) is -2.69. The predicted molar refractivity (Wildman–Crippen MR) is 265 cm³/mol. The van der Waals surface area contributed by atoms with Crippen molar-refractivity contribution in [3.05, 3.63) is 11.6 Å². The van der Waals surface area contributed by atoms with Crippen LogP contribution in [-0.2, 0) is 47.5 Å². The van der Waals surface area contributed by atoms with Crippen molar-refractivity contribution in [1.82, 2.24) is 0 Å². The summed E-state index contributed by atoms with van der Waals surface area (Å²) in [4.78, 5) is 27.7. The summed E-state index contributed by atoms with van der Waals surface area (Å²) < 4.78 is 48.1. The molecule has 4 heterocycles. The normalized spacial score (nSPS) is 53.3. The first kappa shape index (κ1) is 61.4. The highest BCUT2D eigenvalue weighted by Gasteiger charge is 2.71. The molecule has 4 saturated carbocycles. The first-order valence-corrected chi connectivity index (χ1v) is 27.9. The van der Waals surface area contributed by atoms with Crippen LogP contribution in [0.4, 0.5) is 0 Å². The molecule has 9 rings (SSSR count). The molecule has 25 heteroatoms. The molecular weight excluding hydrogens is 1050 g/mol. The number of rotatable bonds is 12. The molecule has 29 atom stereocenters. The van der Waals surface area contributed by atoms with Gasteiger partial charge in [-0.1, -0.05) is 60.1 Å². The molecule has 8 fully saturated rings. The Hall–Kier alpha value is -2.16. The number of carbonyl (C=O) groups excluding carboxylic acids is 1. The fourth-order valence-corrected chi connectivity index (χ4v) is 16.5. The summed E-state index contributed by atoms with van der Waals surface area (Å²) >= 11 is 0. The number of carboxylic acids is 1. The van der Waals surface area contributed by atoms with Gasteiger partial charge in [-0.2, -0.15) is 0 Å². The van der Waals surface area contributed by atoms with Crippen molar-refractivity contribution in [3.63, 3.8) is 0 Å². The number of aliphatic hydroxyl groups excluding tert-OH is 14. The molecule has 452 valence electrons. The van der Waals surface area contributed by atoms with Crippen LogP contribution in [-0.4, -0.2) is 243 Å². The SMILES string of the molecule is CC1(C)CC2C3=CCC4[C@@]5(C)CC[C@H](O[C@@H]6O[C@H](C(=O)O)[C@@H](O)[C@H](O[C@@H]7O[C@H](CO)[C@H](O)[C@H](O)[C@H]7O)[C@H]6O[C@@H]6O[C@H](CO)[C@@H](O)[C@H](O)[C@H]6O)C(C)(C)C5CC[C@@]4(C)[C@]3(C)CC[C@@]2(C(=O)O[C@@H]2O[C@H](CO)[C@@H](O)[C@H](O)[C@H]2O)C[C@@H]1O. The van der Waals surface area contributed by atoms with Gasteiger partial charge in [-0.15, -0.1) is 0 Å². The molecule has 0 aromatic carbocycles. The van der Waals surface area contributed by atoms with Crippen molar-refractivity contribution in [2.75, 3.05) is 19.8 Å². The first-order valence-electron chi connectivity index (χ1n) is 27.9. The Balaban J connectivity index is 1.01. The fourth-order valence-electron chi connectivity index (χ4n) is 16.5. The number of carbonyl (C=O) groups is 2. The average Bonchev–Trinajstić information content (AvgIpc) is 3.58. The van der Waals surface area contributed by atoms with Crippen molar-refractivity contribution in [3.8, 4) is 0 Å². The van der Waals surface area contributed by atoms with Crippen LogP contribution in [0.25, 0.3) is 0 Å². The Morgan fingerprint density at radius 3 is 1.61 bits per heavy atom. The Morgan fingerprint density at radius 1 is 0.557 bits per heavy atom. The summed E-state index contributed by atoms with van der Waals surface area (Å²) in [6, 6.07) is 0. The lowest BCUT2D eigenvalue weighted by molar-refractivity contribution is -0.396. The van der Waals surface area contributed by atoms with E-state index in [0.29, 0.717) is 44.9 Å². The Morgan fingerprint density at radius 2 is 1.08 bits per heavy atom. The number of hydrogen-bond acceptors (Lipinski definition) is 24. The molecule has 0 radical (unpaired) electrons.